The van der Waals surface area contributed by atoms with Gasteiger partial charge in [0.2, 0.25) is 5.91 Å². The van der Waals surface area contributed by atoms with Gasteiger partial charge in [-0.05, 0) is 36.4 Å². The molecule has 0 spiro atoms. The summed E-state index contributed by atoms with van der Waals surface area (Å²) in [6, 6.07) is 10.0. The van der Waals surface area contributed by atoms with Gasteiger partial charge >= 0.3 is 0 Å². The van der Waals surface area contributed by atoms with Crippen molar-refractivity contribution in [1.29, 1.82) is 0 Å². The number of hydrogen-bond acceptors (Lipinski definition) is 4. The summed E-state index contributed by atoms with van der Waals surface area (Å²) in [5.41, 5.74) is 1.84. The van der Waals surface area contributed by atoms with E-state index in [9.17, 15) is 9.90 Å². The van der Waals surface area contributed by atoms with Crippen molar-refractivity contribution in [3.8, 4) is 11.4 Å². The molecule has 1 aromatic heterocycles. The van der Waals surface area contributed by atoms with E-state index in [1.165, 1.54) is 4.80 Å². The second-order valence-electron chi connectivity index (χ2n) is 4.49. The first-order valence-electron chi connectivity index (χ1n) is 6.37. The molecule has 1 heterocycles. The molecule has 0 unspecified atom stereocenters. The third kappa shape index (κ3) is 2.51. The molecule has 0 saturated heterocycles. The van der Waals surface area contributed by atoms with Crippen molar-refractivity contribution in [2.45, 2.75) is 0 Å². The highest BCUT2D eigenvalue weighted by Crippen LogP contribution is 2.30. The third-order valence-electron chi connectivity index (χ3n) is 3.02. The number of aromatic hydroxyl groups is 1. The molecule has 3 aromatic rings. The number of carbonyl (C=O) groups excluding carboxylic acids is 1. The highest BCUT2D eigenvalue weighted by molar-refractivity contribution is 6.31. The first-order chi connectivity index (χ1) is 10.6. The Morgan fingerprint density at radius 3 is 2.82 bits per heavy atom. The van der Waals surface area contributed by atoms with Gasteiger partial charge in [0.15, 0.2) is 5.75 Å². The summed E-state index contributed by atoms with van der Waals surface area (Å²) in [6.45, 7) is 3.37. The van der Waals surface area contributed by atoms with Crippen LogP contribution in [0.1, 0.15) is 0 Å². The van der Waals surface area contributed by atoms with Gasteiger partial charge in [0, 0.05) is 5.02 Å². The van der Waals surface area contributed by atoms with Gasteiger partial charge < -0.3 is 10.4 Å². The van der Waals surface area contributed by atoms with Gasteiger partial charge in [-0.15, -0.1) is 15.0 Å². The fourth-order valence-electron chi connectivity index (χ4n) is 1.97. The monoisotopic (exact) mass is 314 g/mol. The molecular weight excluding hydrogens is 304 g/mol. The van der Waals surface area contributed by atoms with Crippen molar-refractivity contribution in [1.82, 2.24) is 15.0 Å². The summed E-state index contributed by atoms with van der Waals surface area (Å²) >= 11 is 5.92. The van der Waals surface area contributed by atoms with Crippen molar-refractivity contribution in [3.63, 3.8) is 0 Å². The van der Waals surface area contributed by atoms with E-state index in [0.717, 1.165) is 6.08 Å². The average molecular weight is 315 g/mol. The van der Waals surface area contributed by atoms with E-state index in [-0.39, 0.29) is 11.4 Å². The second-order valence-corrected chi connectivity index (χ2v) is 4.93. The molecule has 1 amide bonds. The Labute approximate surface area is 130 Å². The van der Waals surface area contributed by atoms with Crippen LogP contribution in [0.15, 0.2) is 49.1 Å². The van der Waals surface area contributed by atoms with E-state index in [0.29, 0.717) is 21.7 Å². The minimum absolute atomic E-state index is 0.135. The first kappa shape index (κ1) is 14.1. The smallest absolute Gasteiger partial charge is 0.247 e. The molecule has 6 nitrogen and oxygen atoms in total. The van der Waals surface area contributed by atoms with Crippen LogP contribution in [0.4, 0.5) is 5.69 Å². The summed E-state index contributed by atoms with van der Waals surface area (Å²) in [5.74, 6) is -0.554. The van der Waals surface area contributed by atoms with Crippen molar-refractivity contribution < 1.29 is 9.90 Å². The number of hydrogen-bond donors (Lipinski definition) is 2. The Hall–Kier alpha value is -2.86. The Kier molecular flexibility index (Phi) is 3.52. The lowest BCUT2D eigenvalue weighted by Gasteiger charge is -2.08. The van der Waals surface area contributed by atoms with Crippen LogP contribution in [0.3, 0.4) is 0 Å². The number of phenolic OH excluding ortho intramolecular Hbond substituents is 1. The first-order valence-corrected chi connectivity index (χ1v) is 6.74. The predicted molar refractivity (Wildman–Crippen MR) is 84.4 cm³/mol. The lowest BCUT2D eigenvalue weighted by atomic mass is 10.2. The van der Waals surface area contributed by atoms with Crippen LogP contribution in [-0.4, -0.2) is 26.0 Å². The highest BCUT2D eigenvalue weighted by atomic mass is 35.5. The maximum absolute atomic E-state index is 11.4. The molecule has 0 radical (unpaired) electrons. The fourth-order valence-corrected chi connectivity index (χ4v) is 2.14. The molecule has 0 fully saturated rings. The highest BCUT2D eigenvalue weighted by Gasteiger charge is 2.13. The Bertz CT molecular complexity index is 888. The number of fused-ring (bicyclic) bond motifs is 1. The van der Waals surface area contributed by atoms with Gasteiger partial charge in [0.1, 0.15) is 16.7 Å². The summed E-state index contributed by atoms with van der Waals surface area (Å²) in [5, 5.41) is 21.9. The molecular formula is C15H11ClN4O2. The number of aromatic nitrogens is 3. The Morgan fingerprint density at radius 2 is 2.05 bits per heavy atom. The number of nitrogens with zero attached hydrogens (tertiary/aromatic N) is 3. The Morgan fingerprint density at radius 1 is 1.27 bits per heavy atom. The van der Waals surface area contributed by atoms with Gasteiger partial charge in [-0.3, -0.25) is 4.79 Å². The largest absolute Gasteiger partial charge is 0.504 e. The number of para-hydroxylation sites is 1. The summed E-state index contributed by atoms with van der Waals surface area (Å²) in [7, 11) is 0. The van der Waals surface area contributed by atoms with Gasteiger partial charge in [0.05, 0.1) is 5.69 Å². The zero-order chi connectivity index (χ0) is 15.7. The standard InChI is InChI=1S/C15H11ClN4O2/c1-2-14(21)17-11-4-3-5-13(15(11)22)20-18-10-7-6-9(16)8-12(10)19-20/h2-8,22H,1H2,(H,17,21). The van der Waals surface area contributed by atoms with Crippen LogP contribution < -0.4 is 5.32 Å². The average Bonchev–Trinajstić information content (AvgIpc) is 2.91. The van der Waals surface area contributed by atoms with Gasteiger partial charge in [0.25, 0.3) is 0 Å². The number of phenols is 1. The minimum Gasteiger partial charge on any atom is -0.504 e. The van der Waals surface area contributed by atoms with Gasteiger partial charge in [-0.2, -0.15) is 0 Å². The molecule has 0 bridgehead atoms. The number of benzene rings is 2. The molecule has 0 atom stereocenters. The van der Waals surface area contributed by atoms with Crippen LogP contribution in [0, 0.1) is 0 Å². The number of carbonyl (C=O) groups is 1. The fraction of sp³-hybridized carbons (Fsp3) is 0. The molecule has 2 N–H and O–H groups in total. The molecule has 7 heteroatoms. The third-order valence-corrected chi connectivity index (χ3v) is 3.25. The number of halogens is 1. The quantitative estimate of drug-likeness (QED) is 0.575. The topological polar surface area (TPSA) is 80.0 Å². The summed E-state index contributed by atoms with van der Waals surface area (Å²) < 4.78 is 0. The van der Waals surface area contributed by atoms with E-state index in [1.54, 1.807) is 36.4 Å². The van der Waals surface area contributed by atoms with E-state index in [1.807, 2.05) is 0 Å². The van der Waals surface area contributed by atoms with Crippen molar-refractivity contribution in [3.05, 3.63) is 54.1 Å². The zero-order valence-electron chi connectivity index (χ0n) is 11.3. The molecule has 2 aromatic carbocycles. The van der Waals surface area contributed by atoms with Crippen LogP contribution in [-0.2, 0) is 4.79 Å². The van der Waals surface area contributed by atoms with Crippen LogP contribution in [0.2, 0.25) is 5.02 Å². The zero-order valence-corrected chi connectivity index (χ0v) is 12.1. The Balaban J connectivity index is 2.08. The van der Waals surface area contributed by atoms with Crippen molar-refractivity contribution in [2.24, 2.45) is 0 Å². The lowest BCUT2D eigenvalue weighted by molar-refractivity contribution is -0.111. The molecule has 110 valence electrons. The molecule has 22 heavy (non-hydrogen) atoms. The van der Waals surface area contributed by atoms with E-state index >= 15 is 0 Å². The van der Waals surface area contributed by atoms with E-state index in [4.69, 9.17) is 11.6 Å². The van der Waals surface area contributed by atoms with Crippen LogP contribution in [0.5, 0.6) is 5.75 Å². The van der Waals surface area contributed by atoms with Gasteiger partial charge in [-0.25, -0.2) is 0 Å². The van der Waals surface area contributed by atoms with Crippen LogP contribution in [0.25, 0.3) is 16.7 Å². The number of rotatable bonds is 3. The second kappa shape index (κ2) is 5.50. The normalized spacial score (nSPS) is 10.6. The SMILES string of the molecule is C=CC(=O)Nc1cccc(-n2nc3ccc(Cl)cc3n2)c1O. The number of amides is 1. The van der Waals surface area contributed by atoms with Crippen molar-refractivity contribution >= 4 is 34.2 Å². The maximum atomic E-state index is 11.4. The predicted octanol–water partition coefficient (Wildman–Crippen LogP) is 2.90. The van der Waals surface area contributed by atoms with Crippen molar-refractivity contribution in [2.75, 3.05) is 5.32 Å². The molecule has 3 rings (SSSR count). The number of nitrogens with one attached hydrogen (secondary N) is 1. The maximum Gasteiger partial charge on any atom is 0.247 e. The molecule has 0 aliphatic heterocycles. The molecule has 0 saturated carbocycles. The minimum atomic E-state index is -0.419. The summed E-state index contributed by atoms with van der Waals surface area (Å²) in [4.78, 5) is 12.7. The van der Waals surface area contributed by atoms with E-state index < -0.39 is 5.91 Å². The van der Waals surface area contributed by atoms with Gasteiger partial charge in [-0.1, -0.05) is 24.2 Å². The van der Waals surface area contributed by atoms with E-state index in [2.05, 4.69) is 22.1 Å². The number of anilines is 1. The van der Waals surface area contributed by atoms with Crippen LogP contribution >= 0.6 is 11.6 Å². The lowest BCUT2D eigenvalue weighted by Crippen LogP contribution is -2.08. The summed E-state index contributed by atoms with van der Waals surface area (Å²) in [6.07, 6.45) is 1.12. The molecule has 0 aliphatic rings. The molecule has 0 aliphatic carbocycles.